The Morgan fingerprint density at radius 2 is 1.42 bits per heavy atom. The van der Waals surface area contributed by atoms with Crippen molar-refractivity contribution in [2.24, 2.45) is 17.6 Å². The summed E-state index contributed by atoms with van der Waals surface area (Å²) in [7, 11) is -6.48. The molecule has 0 radical (unpaired) electrons. The fourth-order valence-corrected chi connectivity index (χ4v) is 5.60. The average molecular weight is 657 g/mol. The minimum Gasteiger partial charge on any atom is -0.510 e. The number of aromatic hydroxyl groups is 1. The number of carbonyl (C=O) groups excluding carboxylic acids is 3. The Bertz CT molecular complexity index is 1600. The summed E-state index contributed by atoms with van der Waals surface area (Å²) < 4.78 is 63.2. The molecule has 0 aromatic heterocycles. The Labute approximate surface area is 242 Å². The van der Waals surface area contributed by atoms with E-state index in [1.807, 2.05) is 0 Å². The summed E-state index contributed by atoms with van der Waals surface area (Å²) in [6.45, 7) is 1.25. The van der Waals surface area contributed by atoms with E-state index in [1.54, 1.807) is 0 Å². The molecule has 21 heteroatoms. The molecule has 0 spiro atoms. The first-order valence-corrected chi connectivity index (χ1v) is 14.3. The van der Waals surface area contributed by atoms with Gasteiger partial charge in [0.15, 0.2) is 11.4 Å². The lowest BCUT2D eigenvalue weighted by molar-refractivity contribution is -0.173. The van der Waals surface area contributed by atoms with Crippen molar-refractivity contribution in [3.8, 4) is 5.75 Å². The highest BCUT2D eigenvalue weighted by Crippen LogP contribution is 2.56. The number of nitrogens with zero attached hydrogens (tertiary/aromatic N) is 1. The second-order valence-corrected chi connectivity index (χ2v) is 11.7. The Hall–Kier alpha value is -3.51. The van der Waals surface area contributed by atoms with Gasteiger partial charge in [-0.25, -0.2) is 0 Å². The van der Waals surface area contributed by atoms with Crippen LogP contribution < -0.4 is 5.73 Å². The zero-order valence-corrected chi connectivity index (χ0v) is 23.8. The van der Waals surface area contributed by atoms with Crippen molar-refractivity contribution >= 4 is 38.3 Å². The molecule has 0 unspecified atom stereocenters. The Morgan fingerprint density at radius 1 is 0.953 bits per heavy atom. The zero-order chi connectivity index (χ0) is 33.8. The number of aliphatic hydroxyl groups excluding tert-OH is 3. The van der Waals surface area contributed by atoms with Crippen molar-refractivity contribution in [1.29, 1.82) is 0 Å². The largest absolute Gasteiger partial charge is 0.510 e. The molecule has 19 nitrogen and oxygen atoms in total. The monoisotopic (exact) mass is 656 g/mol. The van der Waals surface area contributed by atoms with Crippen LogP contribution in [0.1, 0.15) is 22.8 Å². The van der Waals surface area contributed by atoms with Crippen LogP contribution in [0.2, 0.25) is 0 Å². The van der Waals surface area contributed by atoms with Gasteiger partial charge >= 0.3 is 20.8 Å². The van der Waals surface area contributed by atoms with E-state index in [0.29, 0.717) is 0 Å². The Kier molecular flexibility index (Phi) is 9.57. The molecule has 43 heavy (non-hydrogen) atoms. The number of phenolic OH excluding ortho intramolecular Hbond substituents is 1. The summed E-state index contributed by atoms with van der Waals surface area (Å²) in [5.41, 5.74) is -1.88. The van der Waals surface area contributed by atoms with Crippen molar-refractivity contribution < 1.29 is 80.1 Å². The van der Waals surface area contributed by atoms with E-state index >= 15 is 0 Å². The van der Waals surface area contributed by atoms with Crippen LogP contribution in [-0.4, -0.2) is 120 Å². The molecule has 1 aromatic carbocycles. The van der Waals surface area contributed by atoms with Crippen LogP contribution in [0.15, 0.2) is 40.9 Å². The van der Waals surface area contributed by atoms with Gasteiger partial charge in [-0.15, -0.1) is 0 Å². The van der Waals surface area contributed by atoms with Gasteiger partial charge in [0.25, 0.3) is 5.91 Å². The maximum absolute atomic E-state index is 13.3. The number of amides is 1. The minimum absolute atomic E-state index is 0.0281. The fourth-order valence-electron chi connectivity index (χ4n) is 5.60. The lowest BCUT2D eigenvalue weighted by atomic mass is 9.54. The molecule has 0 saturated heterocycles. The molecular weight excluding hydrogens is 628 g/mol. The summed E-state index contributed by atoms with van der Waals surface area (Å²) >= 11 is 0. The van der Waals surface area contributed by atoms with E-state index in [2.05, 4.69) is 0 Å². The predicted molar refractivity (Wildman–Crippen MR) is 139 cm³/mol. The third kappa shape index (κ3) is 6.54. The number of likely N-dealkylation sites (N-methyl/N-ethyl adjacent to an activating group) is 1. The van der Waals surface area contributed by atoms with E-state index in [4.69, 9.17) is 40.8 Å². The Morgan fingerprint density at radius 3 is 1.84 bits per heavy atom. The van der Waals surface area contributed by atoms with Crippen LogP contribution in [0, 0.1) is 11.8 Å². The van der Waals surface area contributed by atoms with Gasteiger partial charge < -0.3 is 36.4 Å². The second-order valence-electron chi connectivity index (χ2n) is 9.96. The molecule has 0 saturated carbocycles. The smallest absolute Gasteiger partial charge is 0.394 e. The summed E-state index contributed by atoms with van der Waals surface area (Å²) in [5.74, 6) is -9.66. The SMILES string of the molecule is CN(C)[C@@H]1C(O)=C(C(N)=O)C(=O)[C@@]2(O)C(O)=C3C(=O)c4c(O)cccc4[C@@](C)(O)[C@H]3[C@H](O)[C@@H]12.O=S(=O)(O)O.O=S(=O)(O)O. The normalized spacial score (nSPS) is 30.3. The molecule has 12 N–H and O–H groups in total. The number of nitrogens with two attached hydrogens (primary N) is 1. The third-order valence-electron chi connectivity index (χ3n) is 7.04. The molecule has 3 aliphatic carbocycles. The van der Waals surface area contributed by atoms with E-state index in [1.165, 1.54) is 44.1 Å². The zero-order valence-electron chi connectivity index (χ0n) is 22.2. The average Bonchev–Trinajstić information content (AvgIpc) is 2.79. The van der Waals surface area contributed by atoms with Gasteiger partial charge in [0.05, 0.1) is 40.7 Å². The molecule has 6 atom stereocenters. The van der Waals surface area contributed by atoms with Crippen molar-refractivity contribution in [2.75, 3.05) is 14.1 Å². The number of aliphatic hydroxyl groups is 5. The number of hydrogen-bond acceptors (Lipinski definition) is 14. The summed E-state index contributed by atoms with van der Waals surface area (Å²) in [4.78, 5) is 39.8. The highest BCUT2D eigenvalue weighted by Gasteiger charge is 2.69. The van der Waals surface area contributed by atoms with Crippen LogP contribution in [0.4, 0.5) is 0 Å². The molecule has 1 aromatic rings. The topological polar surface area (TPSA) is 351 Å². The highest BCUT2D eigenvalue weighted by atomic mass is 32.3. The summed E-state index contributed by atoms with van der Waals surface area (Å²) in [5, 5.41) is 66.5. The molecular formula is C22H28N2O17S2. The molecule has 1 amide bonds. The molecule has 4 rings (SSSR count). The number of rotatable bonds is 2. The van der Waals surface area contributed by atoms with Crippen LogP contribution in [0.25, 0.3) is 0 Å². The highest BCUT2D eigenvalue weighted by molar-refractivity contribution is 7.80. The van der Waals surface area contributed by atoms with Crippen LogP contribution >= 0.6 is 0 Å². The first-order valence-electron chi connectivity index (χ1n) is 11.5. The van der Waals surface area contributed by atoms with Gasteiger partial charge in [0, 0.05) is 0 Å². The number of primary amides is 1. The van der Waals surface area contributed by atoms with Crippen LogP contribution in [-0.2, 0) is 36.0 Å². The second kappa shape index (κ2) is 11.5. The first-order chi connectivity index (χ1) is 19.2. The fraction of sp³-hybridized carbons (Fsp3) is 0.409. The summed E-state index contributed by atoms with van der Waals surface area (Å²) in [6.07, 6.45) is -1.87. The van der Waals surface area contributed by atoms with Crippen molar-refractivity contribution in [1.82, 2.24) is 4.90 Å². The van der Waals surface area contributed by atoms with Crippen molar-refractivity contribution in [3.63, 3.8) is 0 Å². The maximum atomic E-state index is 13.3. The lowest BCUT2D eigenvalue weighted by Gasteiger charge is -2.55. The minimum atomic E-state index is -4.67. The standard InChI is InChI=1S/C22H24N2O9.2H2O4S/c1-21(32)7-5-4-6-8(25)9(7)15(26)10-12(21)17(28)13-14(24(2)3)16(27)11(20(23)31)19(30)22(13,33)18(10)29;2*1-5(2,3)4/h4-6,12-14,17,25,27-29,32-33H,1-3H3,(H2,23,31);2*(H2,1,2,3,4)/t12-,13-,14+,17+,21-,22+;;/m1../s1. The number of carbonyl (C=O) groups is 3. The molecule has 0 fully saturated rings. The lowest BCUT2D eigenvalue weighted by Crippen LogP contribution is -2.70. The molecule has 3 aliphatic rings. The summed E-state index contributed by atoms with van der Waals surface area (Å²) in [6, 6.07) is 2.54. The maximum Gasteiger partial charge on any atom is 0.394 e. The van der Waals surface area contributed by atoms with E-state index < -0.39 is 102 Å². The number of phenols is 1. The van der Waals surface area contributed by atoms with Crippen molar-refractivity contribution in [3.05, 3.63) is 52.0 Å². The number of ketones is 2. The Balaban J connectivity index is 0.000000559. The first kappa shape index (κ1) is 35.7. The molecule has 0 bridgehead atoms. The van der Waals surface area contributed by atoms with Crippen molar-refractivity contribution in [2.45, 2.75) is 30.3 Å². The van der Waals surface area contributed by atoms with Gasteiger partial charge in [0.1, 0.15) is 22.8 Å². The van der Waals surface area contributed by atoms with Crippen LogP contribution in [0.5, 0.6) is 5.75 Å². The number of Topliss-reactive ketones (excluding diaryl/α,β-unsaturated/α-hetero) is 2. The predicted octanol–water partition coefficient (Wildman–Crippen LogP) is -2.55. The number of hydrogen-bond donors (Lipinski definition) is 11. The van der Waals surface area contributed by atoms with E-state index in [0.717, 1.165) is 0 Å². The number of fused-ring (bicyclic) bond motifs is 3. The molecule has 0 aliphatic heterocycles. The molecule has 0 heterocycles. The molecule has 240 valence electrons. The van der Waals surface area contributed by atoms with Gasteiger partial charge in [-0.1, -0.05) is 12.1 Å². The van der Waals surface area contributed by atoms with E-state index in [9.17, 15) is 45.0 Å². The van der Waals surface area contributed by atoms with Gasteiger partial charge in [-0.2, -0.15) is 16.8 Å². The quantitative estimate of drug-likeness (QED) is 0.115. The number of benzene rings is 1. The van der Waals surface area contributed by atoms with Crippen LogP contribution in [0.3, 0.4) is 0 Å². The third-order valence-corrected chi connectivity index (χ3v) is 7.04. The van der Waals surface area contributed by atoms with E-state index in [-0.39, 0.29) is 11.1 Å². The van der Waals surface area contributed by atoms with Gasteiger partial charge in [0.2, 0.25) is 5.78 Å². The van der Waals surface area contributed by atoms with Gasteiger partial charge in [-0.05, 0) is 32.6 Å². The van der Waals surface area contributed by atoms with Gasteiger partial charge in [-0.3, -0.25) is 37.5 Å².